The summed E-state index contributed by atoms with van der Waals surface area (Å²) in [5.41, 5.74) is 0.934. The second-order valence-corrected chi connectivity index (χ2v) is 5.05. The molecule has 1 saturated carbocycles. The van der Waals surface area contributed by atoms with Gasteiger partial charge in [0, 0.05) is 5.69 Å². The summed E-state index contributed by atoms with van der Waals surface area (Å²) in [5, 5.41) is 13.1. The van der Waals surface area contributed by atoms with Crippen molar-refractivity contribution in [2.75, 3.05) is 11.9 Å². The standard InChI is InChI=1S/C14H21NO/c1-14(11-16,12-7-5-6-8-12)15-13-9-3-2-4-10-13/h2-4,9-10,12,15-16H,5-8,11H2,1H3. The third-order valence-corrected chi connectivity index (χ3v) is 3.79. The van der Waals surface area contributed by atoms with Gasteiger partial charge in [-0.3, -0.25) is 0 Å². The van der Waals surface area contributed by atoms with Crippen LogP contribution >= 0.6 is 0 Å². The zero-order valence-corrected chi connectivity index (χ0v) is 9.95. The average molecular weight is 219 g/mol. The van der Waals surface area contributed by atoms with E-state index in [-0.39, 0.29) is 12.1 Å². The third-order valence-electron chi connectivity index (χ3n) is 3.79. The molecule has 0 amide bonds. The number of aliphatic hydroxyl groups is 1. The fourth-order valence-corrected chi connectivity index (χ4v) is 2.68. The first-order valence-electron chi connectivity index (χ1n) is 6.19. The summed E-state index contributed by atoms with van der Waals surface area (Å²) >= 11 is 0. The second-order valence-electron chi connectivity index (χ2n) is 5.05. The van der Waals surface area contributed by atoms with Gasteiger partial charge in [0.25, 0.3) is 0 Å². The number of para-hydroxylation sites is 1. The Balaban J connectivity index is 2.09. The highest BCUT2D eigenvalue weighted by molar-refractivity contribution is 5.45. The number of aliphatic hydroxyl groups excluding tert-OH is 1. The highest BCUT2D eigenvalue weighted by Crippen LogP contribution is 2.35. The molecule has 2 rings (SSSR count). The van der Waals surface area contributed by atoms with Crippen LogP contribution in [0.25, 0.3) is 0 Å². The van der Waals surface area contributed by atoms with E-state index in [1.807, 2.05) is 18.2 Å². The molecule has 1 aromatic carbocycles. The first-order valence-corrected chi connectivity index (χ1v) is 6.19. The molecule has 0 radical (unpaired) electrons. The lowest BCUT2D eigenvalue weighted by atomic mass is 9.84. The van der Waals surface area contributed by atoms with E-state index >= 15 is 0 Å². The smallest absolute Gasteiger partial charge is 0.0661 e. The molecule has 0 heterocycles. The minimum Gasteiger partial charge on any atom is -0.394 e. The van der Waals surface area contributed by atoms with E-state index in [9.17, 15) is 5.11 Å². The molecule has 1 unspecified atom stereocenters. The van der Waals surface area contributed by atoms with Gasteiger partial charge in [0.15, 0.2) is 0 Å². The first-order chi connectivity index (χ1) is 7.74. The predicted octanol–water partition coefficient (Wildman–Crippen LogP) is 3.04. The van der Waals surface area contributed by atoms with Crippen molar-refractivity contribution >= 4 is 5.69 Å². The summed E-state index contributed by atoms with van der Waals surface area (Å²) in [7, 11) is 0. The van der Waals surface area contributed by atoms with Crippen LogP contribution in [0.5, 0.6) is 0 Å². The van der Waals surface area contributed by atoms with Crippen molar-refractivity contribution in [1.82, 2.24) is 0 Å². The van der Waals surface area contributed by atoms with Crippen LogP contribution in [0.2, 0.25) is 0 Å². The fourth-order valence-electron chi connectivity index (χ4n) is 2.68. The van der Waals surface area contributed by atoms with E-state index in [1.54, 1.807) is 0 Å². The molecule has 0 spiro atoms. The summed E-state index contributed by atoms with van der Waals surface area (Å²) in [5.74, 6) is 0.595. The Morgan fingerprint density at radius 2 is 1.88 bits per heavy atom. The molecule has 2 N–H and O–H groups in total. The Morgan fingerprint density at radius 1 is 1.25 bits per heavy atom. The summed E-state index contributed by atoms with van der Waals surface area (Å²) in [6.07, 6.45) is 5.07. The third kappa shape index (κ3) is 2.38. The molecule has 1 fully saturated rings. The number of anilines is 1. The Hall–Kier alpha value is -1.02. The normalized spacial score (nSPS) is 20.6. The van der Waals surface area contributed by atoms with Gasteiger partial charge in [-0.1, -0.05) is 31.0 Å². The number of nitrogens with one attached hydrogen (secondary N) is 1. The average Bonchev–Trinajstić information content (AvgIpc) is 2.84. The summed E-state index contributed by atoms with van der Waals surface area (Å²) in [6, 6.07) is 10.2. The maximum absolute atomic E-state index is 9.64. The maximum Gasteiger partial charge on any atom is 0.0661 e. The van der Waals surface area contributed by atoms with Crippen LogP contribution in [0.15, 0.2) is 30.3 Å². The van der Waals surface area contributed by atoms with Crippen molar-refractivity contribution in [3.8, 4) is 0 Å². The fraction of sp³-hybridized carbons (Fsp3) is 0.571. The molecule has 2 heteroatoms. The number of hydrogen-bond acceptors (Lipinski definition) is 2. The Kier molecular flexibility index (Phi) is 3.49. The number of hydrogen-bond donors (Lipinski definition) is 2. The quantitative estimate of drug-likeness (QED) is 0.815. The largest absolute Gasteiger partial charge is 0.394 e. The molecular weight excluding hydrogens is 198 g/mol. The van der Waals surface area contributed by atoms with Gasteiger partial charge in [-0.05, 0) is 37.8 Å². The van der Waals surface area contributed by atoms with Crippen molar-refractivity contribution in [2.24, 2.45) is 5.92 Å². The Labute approximate surface area is 97.7 Å². The van der Waals surface area contributed by atoms with Gasteiger partial charge in [0.1, 0.15) is 0 Å². The molecule has 0 saturated heterocycles. The van der Waals surface area contributed by atoms with E-state index in [0.717, 1.165) is 5.69 Å². The zero-order valence-electron chi connectivity index (χ0n) is 9.95. The molecule has 1 aliphatic carbocycles. The van der Waals surface area contributed by atoms with Crippen LogP contribution in [0.4, 0.5) is 5.69 Å². The van der Waals surface area contributed by atoms with Crippen LogP contribution in [0.3, 0.4) is 0 Å². The van der Waals surface area contributed by atoms with Crippen molar-refractivity contribution < 1.29 is 5.11 Å². The Morgan fingerprint density at radius 3 is 2.44 bits per heavy atom. The van der Waals surface area contributed by atoms with Crippen LogP contribution in [-0.4, -0.2) is 17.3 Å². The molecule has 1 atom stereocenters. The van der Waals surface area contributed by atoms with E-state index in [4.69, 9.17) is 0 Å². The zero-order chi connectivity index (χ0) is 11.4. The van der Waals surface area contributed by atoms with E-state index < -0.39 is 0 Å². The lowest BCUT2D eigenvalue weighted by Gasteiger charge is -2.36. The van der Waals surface area contributed by atoms with Crippen LogP contribution in [-0.2, 0) is 0 Å². The molecule has 88 valence electrons. The summed E-state index contributed by atoms with van der Waals surface area (Å²) in [6.45, 7) is 2.34. The topological polar surface area (TPSA) is 32.3 Å². The second kappa shape index (κ2) is 4.88. The Bertz CT molecular complexity index is 319. The molecule has 16 heavy (non-hydrogen) atoms. The number of benzene rings is 1. The van der Waals surface area contributed by atoms with Crippen LogP contribution in [0, 0.1) is 5.92 Å². The molecule has 1 aromatic rings. The first kappa shape index (κ1) is 11.5. The van der Waals surface area contributed by atoms with Crippen molar-refractivity contribution in [3.63, 3.8) is 0 Å². The van der Waals surface area contributed by atoms with Crippen LogP contribution < -0.4 is 5.32 Å². The van der Waals surface area contributed by atoms with Gasteiger partial charge in [-0.25, -0.2) is 0 Å². The van der Waals surface area contributed by atoms with Gasteiger partial charge < -0.3 is 10.4 Å². The van der Waals surface area contributed by atoms with Gasteiger partial charge in [0.2, 0.25) is 0 Å². The minimum absolute atomic E-state index is 0.169. The minimum atomic E-state index is -0.169. The molecule has 2 nitrogen and oxygen atoms in total. The predicted molar refractivity (Wildman–Crippen MR) is 67.5 cm³/mol. The van der Waals surface area contributed by atoms with Crippen molar-refractivity contribution in [1.29, 1.82) is 0 Å². The van der Waals surface area contributed by atoms with Gasteiger partial charge in [0.05, 0.1) is 12.1 Å². The molecule has 0 aliphatic heterocycles. The lowest BCUT2D eigenvalue weighted by Crippen LogP contribution is -2.45. The van der Waals surface area contributed by atoms with Gasteiger partial charge in [-0.2, -0.15) is 0 Å². The highest BCUT2D eigenvalue weighted by Gasteiger charge is 2.35. The highest BCUT2D eigenvalue weighted by atomic mass is 16.3. The molecule has 0 aromatic heterocycles. The SMILES string of the molecule is CC(CO)(Nc1ccccc1)C1CCCC1. The van der Waals surface area contributed by atoms with E-state index in [1.165, 1.54) is 25.7 Å². The van der Waals surface area contributed by atoms with Gasteiger partial charge >= 0.3 is 0 Å². The summed E-state index contributed by atoms with van der Waals surface area (Å²) in [4.78, 5) is 0. The van der Waals surface area contributed by atoms with E-state index in [0.29, 0.717) is 5.92 Å². The maximum atomic E-state index is 9.64. The summed E-state index contributed by atoms with van der Waals surface area (Å²) < 4.78 is 0. The van der Waals surface area contributed by atoms with Gasteiger partial charge in [-0.15, -0.1) is 0 Å². The molecule has 1 aliphatic rings. The van der Waals surface area contributed by atoms with Crippen molar-refractivity contribution in [3.05, 3.63) is 30.3 Å². The molecule has 0 bridgehead atoms. The number of rotatable bonds is 4. The van der Waals surface area contributed by atoms with Crippen LogP contribution in [0.1, 0.15) is 32.6 Å². The lowest BCUT2D eigenvalue weighted by molar-refractivity contribution is 0.172. The van der Waals surface area contributed by atoms with Crippen molar-refractivity contribution in [2.45, 2.75) is 38.1 Å². The monoisotopic (exact) mass is 219 g/mol. The molecular formula is C14H21NO. The van der Waals surface area contributed by atoms with E-state index in [2.05, 4.69) is 24.4 Å².